The molecule has 2 unspecified atom stereocenters. The van der Waals surface area contributed by atoms with Crippen molar-refractivity contribution in [3.05, 3.63) is 35.1 Å². The maximum Gasteiger partial charge on any atom is 0.309 e. The number of esters is 1. The highest BCUT2D eigenvalue weighted by atomic mass is 28.4. The minimum atomic E-state index is -2.09. The van der Waals surface area contributed by atoms with E-state index in [0.29, 0.717) is 5.56 Å². The van der Waals surface area contributed by atoms with E-state index in [4.69, 9.17) is 9.16 Å². The molecule has 0 saturated carbocycles. The highest BCUT2D eigenvalue weighted by Crippen LogP contribution is 2.50. The molecule has 0 aromatic heterocycles. The van der Waals surface area contributed by atoms with Crippen LogP contribution in [0.4, 0.5) is 4.39 Å². The Morgan fingerprint density at radius 3 is 2.60 bits per heavy atom. The molecule has 0 fully saturated rings. The molecule has 2 rings (SSSR count). The maximum atomic E-state index is 13.8. The Kier molecular flexibility index (Phi) is 5.47. The van der Waals surface area contributed by atoms with Crippen LogP contribution in [-0.2, 0) is 19.6 Å². The van der Waals surface area contributed by atoms with Crippen LogP contribution >= 0.6 is 0 Å². The van der Waals surface area contributed by atoms with Gasteiger partial charge < -0.3 is 14.3 Å². The van der Waals surface area contributed by atoms with E-state index in [9.17, 15) is 14.3 Å². The predicted molar refractivity (Wildman–Crippen MR) is 97.2 cm³/mol. The van der Waals surface area contributed by atoms with Gasteiger partial charge in [0.25, 0.3) is 0 Å². The minimum Gasteiger partial charge on any atom is -0.466 e. The Balaban J connectivity index is 2.36. The molecular weight excluding hydrogens is 339 g/mol. The zero-order valence-corrected chi connectivity index (χ0v) is 17.0. The predicted octanol–water partition coefficient (Wildman–Crippen LogP) is 4.43. The molecule has 4 nitrogen and oxygen atoms in total. The summed E-state index contributed by atoms with van der Waals surface area (Å²) in [6, 6.07) is 4.34. The van der Waals surface area contributed by atoms with Crippen molar-refractivity contribution >= 4 is 14.3 Å². The molecule has 0 aliphatic heterocycles. The summed E-state index contributed by atoms with van der Waals surface area (Å²) in [6.07, 6.45) is -0.318. The lowest BCUT2D eigenvalue weighted by atomic mass is 9.92. The second-order valence-corrected chi connectivity index (χ2v) is 13.1. The number of carbonyl (C=O) groups excluding carboxylic acids is 1. The van der Waals surface area contributed by atoms with Crippen molar-refractivity contribution in [3.63, 3.8) is 0 Å². The van der Waals surface area contributed by atoms with Crippen LogP contribution in [-0.4, -0.2) is 26.0 Å². The van der Waals surface area contributed by atoms with Gasteiger partial charge in [-0.3, -0.25) is 4.79 Å². The van der Waals surface area contributed by atoms with E-state index >= 15 is 0 Å². The lowest BCUT2D eigenvalue weighted by Gasteiger charge is -2.39. The second kappa shape index (κ2) is 6.82. The zero-order valence-electron chi connectivity index (χ0n) is 16.0. The van der Waals surface area contributed by atoms with Gasteiger partial charge in [-0.25, -0.2) is 4.39 Å². The van der Waals surface area contributed by atoms with E-state index in [2.05, 4.69) is 33.9 Å². The van der Waals surface area contributed by atoms with Gasteiger partial charge in [-0.05, 0) is 48.3 Å². The van der Waals surface area contributed by atoms with Crippen LogP contribution in [0.15, 0.2) is 18.2 Å². The fourth-order valence-electron chi connectivity index (χ4n) is 2.99. The van der Waals surface area contributed by atoms with Gasteiger partial charge in [0.2, 0.25) is 0 Å². The zero-order chi connectivity index (χ0) is 19.0. The Labute approximate surface area is 150 Å². The number of hydrogen-bond acceptors (Lipinski definition) is 4. The third-order valence-corrected chi connectivity index (χ3v) is 9.86. The summed E-state index contributed by atoms with van der Waals surface area (Å²) in [7, 11) is -2.09. The third kappa shape index (κ3) is 4.12. The number of rotatable bonds is 5. The minimum absolute atomic E-state index is 0.00897. The molecule has 0 heterocycles. The number of fused-ring (bicyclic) bond motifs is 1. The van der Waals surface area contributed by atoms with Gasteiger partial charge in [-0.15, -0.1) is 0 Å². The molecule has 6 heteroatoms. The summed E-state index contributed by atoms with van der Waals surface area (Å²) < 4.78 is 25.2. The van der Waals surface area contributed by atoms with Crippen molar-refractivity contribution in [3.8, 4) is 0 Å². The molecule has 0 saturated heterocycles. The van der Waals surface area contributed by atoms with Crippen LogP contribution in [0.3, 0.4) is 0 Å². The van der Waals surface area contributed by atoms with Gasteiger partial charge >= 0.3 is 5.97 Å². The summed E-state index contributed by atoms with van der Waals surface area (Å²) in [5, 5.41) is 11.1. The number of aliphatic hydroxyl groups is 1. The van der Waals surface area contributed by atoms with Gasteiger partial charge in [-0.1, -0.05) is 26.8 Å². The summed E-state index contributed by atoms with van der Waals surface area (Å²) in [5.74, 6) is -0.929. The monoisotopic (exact) mass is 368 g/mol. The van der Waals surface area contributed by atoms with Crippen LogP contribution in [0.2, 0.25) is 18.1 Å². The first kappa shape index (κ1) is 20.1. The molecule has 0 spiro atoms. The fraction of sp³-hybridized carbons (Fsp3) is 0.632. The van der Waals surface area contributed by atoms with Crippen LogP contribution < -0.4 is 0 Å². The summed E-state index contributed by atoms with van der Waals surface area (Å²) in [5.41, 5.74) is -0.265. The van der Waals surface area contributed by atoms with E-state index < -0.39 is 25.7 Å². The SMILES string of the molecule is CCOC(=O)CC1(O)CC(O[Si](C)(C)C(C)(C)C)c2ccc(F)cc21. The topological polar surface area (TPSA) is 55.8 Å². The Hall–Kier alpha value is -1.24. The second-order valence-electron chi connectivity index (χ2n) is 8.32. The number of benzene rings is 1. The van der Waals surface area contributed by atoms with E-state index in [0.717, 1.165) is 5.56 Å². The number of hydrogen-bond donors (Lipinski definition) is 1. The van der Waals surface area contributed by atoms with E-state index in [1.54, 1.807) is 13.0 Å². The lowest BCUT2D eigenvalue weighted by Crippen LogP contribution is -2.41. The van der Waals surface area contributed by atoms with Crippen LogP contribution in [0.5, 0.6) is 0 Å². The first-order chi connectivity index (χ1) is 11.4. The van der Waals surface area contributed by atoms with Gasteiger partial charge in [0.15, 0.2) is 8.32 Å². The van der Waals surface area contributed by atoms with Crippen molar-refractivity contribution in [1.82, 2.24) is 0 Å². The van der Waals surface area contributed by atoms with Gasteiger partial charge in [0.1, 0.15) is 11.4 Å². The van der Waals surface area contributed by atoms with Crippen molar-refractivity contribution < 1.29 is 23.5 Å². The number of ether oxygens (including phenoxy) is 1. The van der Waals surface area contributed by atoms with Gasteiger partial charge in [-0.2, -0.15) is 0 Å². The summed E-state index contributed by atoms with van der Waals surface area (Å²) in [6.45, 7) is 12.7. The van der Waals surface area contributed by atoms with Crippen molar-refractivity contribution in [2.75, 3.05) is 6.61 Å². The van der Waals surface area contributed by atoms with Crippen molar-refractivity contribution in [2.45, 2.75) is 70.4 Å². The summed E-state index contributed by atoms with van der Waals surface area (Å²) in [4.78, 5) is 11.9. The molecule has 25 heavy (non-hydrogen) atoms. The van der Waals surface area contributed by atoms with Gasteiger partial charge in [0, 0.05) is 6.42 Å². The van der Waals surface area contributed by atoms with Crippen molar-refractivity contribution in [2.24, 2.45) is 0 Å². The third-order valence-electron chi connectivity index (χ3n) is 5.37. The highest BCUT2D eigenvalue weighted by Gasteiger charge is 2.48. The fourth-order valence-corrected chi connectivity index (χ4v) is 4.27. The molecular formula is C19H29FO4Si. The molecule has 0 radical (unpaired) electrons. The number of halogens is 1. The summed E-state index contributed by atoms with van der Waals surface area (Å²) >= 11 is 0. The average Bonchev–Trinajstić information content (AvgIpc) is 2.69. The largest absolute Gasteiger partial charge is 0.466 e. The Bertz CT molecular complexity index is 653. The quantitative estimate of drug-likeness (QED) is 0.617. The van der Waals surface area contributed by atoms with Crippen molar-refractivity contribution in [1.29, 1.82) is 0 Å². The van der Waals surface area contributed by atoms with Crippen LogP contribution in [0.25, 0.3) is 0 Å². The molecule has 1 N–H and O–H groups in total. The maximum absolute atomic E-state index is 13.8. The molecule has 1 aliphatic carbocycles. The Morgan fingerprint density at radius 1 is 1.40 bits per heavy atom. The molecule has 1 aromatic carbocycles. The Morgan fingerprint density at radius 2 is 2.04 bits per heavy atom. The molecule has 1 aliphatic rings. The number of carbonyl (C=O) groups is 1. The molecule has 0 amide bonds. The first-order valence-corrected chi connectivity index (χ1v) is 11.7. The van der Waals surface area contributed by atoms with E-state index in [1.807, 2.05) is 0 Å². The highest BCUT2D eigenvalue weighted by molar-refractivity contribution is 6.74. The average molecular weight is 369 g/mol. The van der Waals surface area contributed by atoms with E-state index in [-0.39, 0.29) is 30.6 Å². The lowest BCUT2D eigenvalue weighted by molar-refractivity contribution is -0.149. The van der Waals surface area contributed by atoms with Crippen LogP contribution in [0.1, 0.15) is 57.8 Å². The smallest absolute Gasteiger partial charge is 0.309 e. The van der Waals surface area contributed by atoms with E-state index in [1.165, 1.54) is 12.1 Å². The first-order valence-electron chi connectivity index (χ1n) is 8.75. The van der Waals surface area contributed by atoms with Gasteiger partial charge in [0.05, 0.1) is 19.1 Å². The molecule has 1 aromatic rings. The molecule has 2 atom stereocenters. The molecule has 140 valence electrons. The normalized spacial score (nSPS) is 23.4. The molecule has 0 bridgehead atoms. The van der Waals surface area contributed by atoms with Crippen LogP contribution in [0, 0.1) is 5.82 Å². The standard InChI is InChI=1S/C19H29FO4Si/c1-7-23-17(21)12-19(22)11-16(24-25(5,6)18(2,3)4)14-9-8-13(20)10-15(14)19/h8-10,16,22H,7,11-12H2,1-6H3.